The van der Waals surface area contributed by atoms with Gasteiger partial charge < -0.3 is 9.47 Å². The van der Waals surface area contributed by atoms with Gasteiger partial charge in [-0.15, -0.1) is 0 Å². The van der Waals surface area contributed by atoms with Crippen molar-refractivity contribution >= 4 is 0 Å². The number of rotatable bonds is 4. The van der Waals surface area contributed by atoms with Gasteiger partial charge in [0, 0.05) is 44.5 Å². The molecule has 1 aliphatic heterocycles. The van der Waals surface area contributed by atoms with Crippen LogP contribution >= 0.6 is 0 Å². The lowest BCUT2D eigenvalue weighted by atomic mass is 10.1. The van der Waals surface area contributed by atoms with Crippen LogP contribution in [0.2, 0.25) is 0 Å². The highest BCUT2D eigenvalue weighted by Crippen LogP contribution is 2.18. The van der Waals surface area contributed by atoms with Crippen LogP contribution in [0.15, 0.2) is 36.7 Å². The Kier molecular flexibility index (Phi) is 4.60. The van der Waals surface area contributed by atoms with Crippen LogP contribution in [0.25, 0.3) is 0 Å². The zero-order valence-corrected chi connectivity index (χ0v) is 13.9. The molecule has 118 valence electrons. The molecule has 0 saturated carbocycles. The summed E-state index contributed by atoms with van der Waals surface area (Å²) in [5, 5.41) is 0. The first-order valence-corrected chi connectivity index (χ1v) is 8.03. The Morgan fingerprint density at radius 3 is 2.68 bits per heavy atom. The molecule has 3 rings (SSSR count). The molecule has 1 unspecified atom stereocenters. The van der Waals surface area contributed by atoms with Gasteiger partial charge in [-0.2, -0.15) is 0 Å². The first-order valence-electron chi connectivity index (χ1n) is 8.03. The standard InChI is InChI=1S/C18H26N4/c1-15-4-6-16(7-5-15)11-21-12-17(10-20(2)3)13-22-9-8-19-18(22)14-21/h4-9,17H,10-14H2,1-3H3. The number of nitrogens with zero attached hydrogens (tertiary/aromatic N) is 4. The van der Waals surface area contributed by atoms with Gasteiger partial charge in [0.2, 0.25) is 0 Å². The third-order valence-electron chi connectivity index (χ3n) is 4.29. The minimum Gasteiger partial charge on any atom is -0.333 e. The van der Waals surface area contributed by atoms with Crippen LogP contribution < -0.4 is 0 Å². The van der Waals surface area contributed by atoms with Crippen LogP contribution in [0, 0.1) is 12.8 Å². The molecular formula is C18H26N4. The molecule has 2 heterocycles. The fraction of sp³-hybridized carbons (Fsp3) is 0.500. The molecule has 0 spiro atoms. The topological polar surface area (TPSA) is 24.3 Å². The highest BCUT2D eigenvalue weighted by molar-refractivity contribution is 5.21. The second-order valence-electron chi connectivity index (χ2n) is 6.78. The van der Waals surface area contributed by atoms with E-state index in [9.17, 15) is 0 Å². The van der Waals surface area contributed by atoms with Crippen molar-refractivity contribution in [2.24, 2.45) is 5.92 Å². The third kappa shape index (κ3) is 3.76. The molecule has 0 aliphatic carbocycles. The monoisotopic (exact) mass is 298 g/mol. The number of hydrogen-bond donors (Lipinski definition) is 0. The van der Waals surface area contributed by atoms with E-state index in [0.717, 1.165) is 32.7 Å². The van der Waals surface area contributed by atoms with Gasteiger partial charge in [0.25, 0.3) is 0 Å². The first kappa shape index (κ1) is 15.3. The first-order chi connectivity index (χ1) is 10.6. The molecule has 0 radical (unpaired) electrons. The largest absolute Gasteiger partial charge is 0.333 e. The molecule has 1 aliphatic rings. The Morgan fingerprint density at radius 1 is 1.18 bits per heavy atom. The molecule has 1 aromatic heterocycles. The van der Waals surface area contributed by atoms with E-state index >= 15 is 0 Å². The number of benzene rings is 1. The minimum atomic E-state index is 0.635. The molecule has 22 heavy (non-hydrogen) atoms. The summed E-state index contributed by atoms with van der Waals surface area (Å²) in [6.07, 6.45) is 4.05. The van der Waals surface area contributed by atoms with Crippen molar-refractivity contribution in [3.63, 3.8) is 0 Å². The van der Waals surface area contributed by atoms with Crippen molar-refractivity contribution < 1.29 is 0 Å². The van der Waals surface area contributed by atoms with Crippen molar-refractivity contribution in [2.45, 2.75) is 26.6 Å². The molecule has 0 saturated heterocycles. The normalized spacial score (nSPS) is 19.2. The predicted molar refractivity (Wildman–Crippen MR) is 89.6 cm³/mol. The van der Waals surface area contributed by atoms with Gasteiger partial charge in [-0.25, -0.2) is 4.98 Å². The van der Waals surface area contributed by atoms with Gasteiger partial charge in [-0.05, 0) is 26.6 Å². The van der Waals surface area contributed by atoms with E-state index in [2.05, 4.69) is 70.8 Å². The van der Waals surface area contributed by atoms with Gasteiger partial charge in [-0.1, -0.05) is 29.8 Å². The SMILES string of the molecule is Cc1ccc(CN2Cc3nccn3CC(CN(C)C)C2)cc1. The van der Waals surface area contributed by atoms with Crippen molar-refractivity contribution in [3.05, 3.63) is 53.6 Å². The molecule has 0 amide bonds. The zero-order valence-electron chi connectivity index (χ0n) is 13.9. The van der Waals surface area contributed by atoms with Gasteiger partial charge in [0.1, 0.15) is 5.82 Å². The maximum atomic E-state index is 4.54. The summed E-state index contributed by atoms with van der Waals surface area (Å²) in [5.74, 6) is 1.82. The van der Waals surface area contributed by atoms with Crippen molar-refractivity contribution in [2.75, 3.05) is 27.2 Å². The molecule has 4 heteroatoms. The fourth-order valence-electron chi connectivity index (χ4n) is 3.33. The zero-order chi connectivity index (χ0) is 15.5. The lowest BCUT2D eigenvalue weighted by Gasteiger charge is -2.25. The molecule has 0 bridgehead atoms. The van der Waals surface area contributed by atoms with Crippen LogP contribution in [0.5, 0.6) is 0 Å². The molecule has 4 nitrogen and oxygen atoms in total. The van der Waals surface area contributed by atoms with Crippen LogP contribution in [0.4, 0.5) is 0 Å². The molecule has 0 N–H and O–H groups in total. The lowest BCUT2D eigenvalue weighted by molar-refractivity contribution is 0.194. The van der Waals surface area contributed by atoms with Gasteiger partial charge in [0.05, 0.1) is 6.54 Å². The molecular weight excluding hydrogens is 272 g/mol. The lowest BCUT2D eigenvalue weighted by Crippen LogP contribution is -2.33. The molecule has 2 aromatic rings. The summed E-state index contributed by atoms with van der Waals surface area (Å²) >= 11 is 0. The summed E-state index contributed by atoms with van der Waals surface area (Å²) in [6.45, 7) is 7.37. The van der Waals surface area contributed by atoms with Crippen LogP contribution in [0.3, 0.4) is 0 Å². The van der Waals surface area contributed by atoms with Crippen LogP contribution in [-0.4, -0.2) is 46.5 Å². The summed E-state index contributed by atoms with van der Waals surface area (Å²) < 4.78 is 2.32. The number of aromatic nitrogens is 2. The Bertz CT molecular complexity index is 600. The van der Waals surface area contributed by atoms with Crippen LogP contribution in [0.1, 0.15) is 17.0 Å². The second kappa shape index (κ2) is 6.63. The van der Waals surface area contributed by atoms with E-state index in [0.29, 0.717) is 5.92 Å². The van der Waals surface area contributed by atoms with E-state index in [4.69, 9.17) is 0 Å². The number of hydrogen-bond acceptors (Lipinski definition) is 3. The van der Waals surface area contributed by atoms with E-state index in [1.807, 2.05) is 6.20 Å². The average Bonchev–Trinajstić information content (AvgIpc) is 2.81. The average molecular weight is 298 g/mol. The van der Waals surface area contributed by atoms with E-state index in [-0.39, 0.29) is 0 Å². The van der Waals surface area contributed by atoms with Crippen molar-refractivity contribution in [1.82, 2.24) is 19.4 Å². The second-order valence-corrected chi connectivity index (χ2v) is 6.78. The highest BCUT2D eigenvalue weighted by Gasteiger charge is 2.22. The Labute approximate surface area is 133 Å². The fourth-order valence-corrected chi connectivity index (χ4v) is 3.33. The third-order valence-corrected chi connectivity index (χ3v) is 4.29. The summed E-state index contributed by atoms with van der Waals surface area (Å²) in [5.41, 5.74) is 2.70. The van der Waals surface area contributed by atoms with Gasteiger partial charge in [0.15, 0.2) is 0 Å². The van der Waals surface area contributed by atoms with Gasteiger partial charge in [-0.3, -0.25) is 4.90 Å². The summed E-state index contributed by atoms with van der Waals surface area (Å²) in [7, 11) is 4.31. The van der Waals surface area contributed by atoms with Crippen molar-refractivity contribution in [3.8, 4) is 0 Å². The molecule has 1 atom stereocenters. The predicted octanol–water partition coefficient (Wildman–Crippen LogP) is 2.39. The van der Waals surface area contributed by atoms with Crippen molar-refractivity contribution in [1.29, 1.82) is 0 Å². The van der Waals surface area contributed by atoms with E-state index < -0.39 is 0 Å². The Morgan fingerprint density at radius 2 is 1.95 bits per heavy atom. The maximum Gasteiger partial charge on any atom is 0.122 e. The Hall–Kier alpha value is -1.65. The van der Waals surface area contributed by atoms with E-state index in [1.54, 1.807) is 0 Å². The summed E-state index contributed by atoms with van der Waals surface area (Å²) in [4.78, 5) is 9.36. The molecule has 0 fully saturated rings. The van der Waals surface area contributed by atoms with E-state index in [1.165, 1.54) is 17.0 Å². The highest BCUT2D eigenvalue weighted by atomic mass is 15.2. The Balaban J connectivity index is 1.76. The summed E-state index contributed by atoms with van der Waals surface area (Å²) in [6, 6.07) is 8.89. The number of imidazole rings is 1. The number of fused-ring (bicyclic) bond motifs is 1. The van der Waals surface area contributed by atoms with Crippen LogP contribution in [-0.2, 0) is 19.6 Å². The van der Waals surface area contributed by atoms with Gasteiger partial charge >= 0.3 is 0 Å². The quantitative estimate of drug-likeness (QED) is 0.866. The minimum absolute atomic E-state index is 0.635. The smallest absolute Gasteiger partial charge is 0.122 e. The number of aryl methyl sites for hydroxylation is 1. The molecule has 1 aromatic carbocycles. The maximum absolute atomic E-state index is 4.54.